The van der Waals surface area contributed by atoms with E-state index in [1.807, 2.05) is 12.1 Å². The number of esters is 1. The van der Waals surface area contributed by atoms with Crippen molar-refractivity contribution in [1.29, 1.82) is 5.26 Å². The third-order valence-electron chi connectivity index (χ3n) is 4.49. The average molecular weight is 349 g/mol. The normalized spacial score (nSPS) is 21.1. The van der Waals surface area contributed by atoms with Gasteiger partial charge in [-0.1, -0.05) is 18.6 Å². The number of rotatable bonds is 7. The first-order valence-corrected chi connectivity index (χ1v) is 10.2. The van der Waals surface area contributed by atoms with Crippen LogP contribution in [0.25, 0.3) is 0 Å². The molecule has 0 aromatic heterocycles. The van der Waals surface area contributed by atoms with Gasteiger partial charge in [0.05, 0.1) is 30.4 Å². The minimum absolute atomic E-state index is 0.0476. The maximum absolute atomic E-state index is 11.7. The first kappa shape index (κ1) is 18.5. The molecule has 5 nitrogen and oxygen atoms in total. The van der Waals surface area contributed by atoms with E-state index in [1.165, 1.54) is 6.26 Å². The van der Waals surface area contributed by atoms with Gasteiger partial charge in [-0.25, -0.2) is 8.42 Å². The van der Waals surface area contributed by atoms with Gasteiger partial charge in [0.2, 0.25) is 0 Å². The van der Waals surface area contributed by atoms with Crippen molar-refractivity contribution in [1.82, 2.24) is 0 Å². The maximum Gasteiger partial charge on any atom is 0.306 e. The smallest absolute Gasteiger partial charge is 0.306 e. The number of nitrogens with zero attached hydrogens (tertiary/aromatic N) is 1. The molecule has 0 bridgehead atoms. The van der Waals surface area contributed by atoms with Crippen LogP contribution in [0.15, 0.2) is 24.3 Å². The molecule has 24 heavy (non-hydrogen) atoms. The van der Waals surface area contributed by atoms with Crippen molar-refractivity contribution in [3.8, 4) is 6.07 Å². The summed E-state index contributed by atoms with van der Waals surface area (Å²) in [4.78, 5) is 11.6. The molecule has 1 aromatic rings. The van der Waals surface area contributed by atoms with Gasteiger partial charge in [0, 0.05) is 6.26 Å². The number of hydrogen-bond donors (Lipinski definition) is 0. The van der Waals surface area contributed by atoms with Crippen molar-refractivity contribution in [3.63, 3.8) is 0 Å². The summed E-state index contributed by atoms with van der Waals surface area (Å²) in [7, 11) is -3.14. The van der Waals surface area contributed by atoms with E-state index in [1.54, 1.807) is 12.1 Å². The van der Waals surface area contributed by atoms with Crippen molar-refractivity contribution in [2.45, 2.75) is 38.5 Å². The predicted molar refractivity (Wildman–Crippen MR) is 91.0 cm³/mol. The fraction of sp³-hybridized carbons (Fsp3) is 0.556. The molecule has 0 N–H and O–H groups in total. The third-order valence-corrected chi connectivity index (χ3v) is 5.63. The Balaban J connectivity index is 1.90. The molecule has 6 heteroatoms. The van der Waals surface area contributed by atoms with E-state index in [-0.39, 0.29) is 18.1 Å². The van der Waals surface area contributed by atoms with Crippen molar-refractivity contribution in [2.75, 3.05) is 18.6 Å². The summed E-state index contributed by atoms with van der Waals surface area (Å²) in [6.07, 6.45) is 5.41. The molecule has 130 valence electrons. The second kappa shape index (κ2) is 7.80. The number of unbranched alkanes of at least 4 members (excludes halogenated alkanes) is 1. The Morgan fingerprint density at radius 1 is 1.25 bits per heavy atom. The highest BCUT2D eigenvalue weighted by molar-refractivity contribution is 7.90. The van der Waals surface area contributed by atoms with Gasteiger partial charge in [0.15, 0.2) is 0 Å². The van der Waals surface area contributed by atoms with Crippen LogP contribution in [0.2, 0.25) is 0 Å². The Bertz CT molecular complexity index is 718. The number of hydrogen-bond acceptors (Lipinski definition) is 5. The number of carbonyl (C=O) groups is 1. The van der Waals surface area contributed by atoms with Gasteiger partial charge in [0.25, 0.3) is 0 Å². The van der Waals surface area contributed by atoms with Crippen LogP contribution >= 0.6 is 0 Å². The van der Waals surface area contributed by atoms with Crippen LogP contribution in [0.4, 0.5) is 0 Å². The van der Waals surface area contributed by atoms with Crippen molar-refractivity contribution in [3.05, 3.63) is 35.4 Å². The topological polar surface area (TPSA) is 84.2 Å². The summed E-state index contributed by atoms with van der Waals surface area (Å²) >= 11 is 0. The van der Waals surface area contributed by atoms with E-state index in [2.05, 4.69) is 6.07 Å². The van der Waals surface area contributed by atoms with E-state index in [4.69, 9.17) is 10.00 Å². The highest BCUT2D eigenvalue weighted by Crippen LogP contribution is 2.37. The van der Waals surface area contributed by atoms with Crippen molar-refractivity contribution >= 4 is 15.8 Å². The zero-order valence-electron chi connectivity index (χ0n) is 14.0. The van der Waals surface area contributed by atoms with Gasteiger partial charge in [0.1, 0.15) is 9.84 Å². The number of ether oxygens (including phenoxy) is 1. The molecular formula is C18H23NO4S. The van der Waals surface area contributed by atoms with Crippen LogP contribution < -0.4 is 0 Å². The molecular weight excluding hydrogens is 326 g/mol. The number of benzene rings is 1. The molecule has 1 fully saturated rings. The van der Waals surface area contributed by atoms with Crippen LogP contribution in [0.5, 0.6) is 0 Å². The molecule has 2 rings (SSSR count). The van der Waals surface area contributed by atoms with Crippen LogP contribution in [0, 0.1) is 16.7 Å². The zero-order valence-corrected chi connectivity index (χ0v) is 14.8. The Morgan fingerprint density at radius 3 is 2.54 bits per heavy atom. The SMILES string of the molecule is CS(=O)(=O)CC1(CCCCc2ccc(C#N)cc2)CCOC(=O)C1. The number of nitriles is 1. The third kappa shape index (κ3) is 5.64. The molecule has 1 aliphatic rings. The quantitative estimate of drug-likeness (QED) is 0.558. The largest absolute Gasteiger partial charge is 0.466 e. The first-order chi connectivity index (χ1) is 11.3. The Labute approximate surface area is 143 Å². The highest BCUT2D eigenvalue weighted by atomic mass is 32.2. The molecule has 1 saturated heterocycles. The lowest BCUT2D eigenvalue weighted by Gasteiger charge is -2.35. The second-order valence-electron chi connectivity index (χ2n) is 6.73. The number of cyclic esters (lactones) is 1. The second-order valence-corrected chi connectivity index (χ2v) is 8.87. The highest BCUT2D eigenvalue weighted by Gasteiger charge is 2.39. The average Bonchev–Trinajstić information content (AvgIpc) is 2.50. The first-order valence-electron chi connectivity index (χ1n) is 8.14. The Kier molecular flexibility index (Phi) is 6.00. The predicted octanol–water partition coefficient (Wildman–Crippen LogP) is 2.64. The van der Waals surface area contributed by atoms with Gasteiger partial charge in [-0.2, -0.15) is 5.26 Å². The van der Waals surface area contributed by atoms with Crippen LogP contribution in [-0.2, 0) is 25.8 Å². The lowest BCUT2D eigenvalue weighted by Crippen LogP contribution is -2.38. The molecule has 0 saturated carbocycles. The fourth-order valence-electron chi connectivity index (χ4n) is 3.37. The van der Waals surface area contributed by atoms with Crippen molar-refractivity contribution < 1.29 is 17.9 Å². The fourth-order valence-corrected chi connectivity index (χ4v) is 4.87. The van der Waals surface area contributed by atoms with Crippen LogP contribution in [0.1, 0.15) is 43.2 Å². The van der Waals surface area contributed by atoms with E-state index in [9.17, 15) is 13.2 Å². The monoisotopic (exact) mass is 349 g/mol. The molecule has 0 spiro atoms. The molecule has 1 unspecified atom stereocenters. The van der Waals surface area contributed by atoms with Gasteiger partial charge >= 0.3 is 5.97 Å². The van der Waals surface area contributed by atoms with Crippen LogP contribution in [-0.4, -0.2) is 33.0 Å². The molecule has 1 aromatic carbocycles. The number of carbonyl (C=O) groups excluding carboxylic acids is 1. The van der Waals surface area contributed by atoms with Gasteiger partial charge in [-0.05, 0) is 48.8 Å². The molecule has 1 heterocycles. The molecule has 0 amide bonds. The van der Waals surface area contributed by atoms with Crippen LogP contribution in [0.3, 0.4) is 0 Å². The lowest BCUT2D eigenvalue weighted by molar-refractivity contribution is -0.152. The van der Waals surface area contributed by atoms with E-state index in [0.29, 0.717) is 25.0 Å². The summed E-state index contributed by atoms with van der Waals surface area (Å²) in [6, 6.07) is 9.60. The summed E-state index contributed by atoms with van der Waals surface area (Å²) < 4.78 is 28.5. The lowest BCUT2D eigenvalue weighted by atomic mass is 9.77. The Morgan fingerprint density at radius 2 is 1.96 bits per heavy atom. The maximum atomic E-state index is 11.7. The minimum atomic E-state index is -3.14. The van der Waals surface area contributed by atoms with Gasteiger partial charge in [-0.15, -0.1) is 0 Å². The summed E-state index contributed by atoms with van der Waals surface area (Å²) in [5.41, 5.74) is 1.33. The van der Waals surface area contributed by atoms with E-state index >= 15 is 0 Å². The van der Waals surface area contributed by atoms with E-state index in [0.717, 1.165) is 24.8 Å². The van der Waals surface area contributed by atoms with Gasteiger partial charge in [-0.3, -0.25) is 4.79 Å². The molecule has 1 atom stereocenters. The standard InChI is InChI=1S/C18H23NO4S/c1-24(21,22)14-18(10-11-23-17(20)12-18)9-3-2-4-15-5-7-16(13-19)8-6-15/h5-8H,2-4,9-12,14H2,1H3. The van der Waals surface area contributed by atoms with Crippen molar-refractivity contribution in [2.24, 2.45) is 5.41 Å². The summed E-state index contributed by atoms with van der Waals surface area (Å²) in [5, 5.41) is 8.79. The molecule has 0 aliphatic carbocycles. The molecule has 0 radical (unpaired) electrons. The number of sulfone groups is 1. The summed E-state index contributed by atoms with van der Waals surface area (Å²) in [6.45, 7) is 0.309. The minimum Gasteiger partial charge on any atom is -0.466 e. The van der Waals surface area contributed by atoms with E-state index < -0.39 is 15.3 Å². The van der Waals surface area contributed by atoms with Gasteiger partial charge < -0.3 is 4.74 Å². The molecule has 1 aliphatic heterocycles. The number of aryl methyl sites for hydroxylation is 1. The zero-order chi connectivity index (χ0) is 17.6. The Hall–Kier alpha value is -1.87. The summed E-state index contributed by atoms with van der Waals surface area (Å²) in [5.74, 6) is -0.247.